The number of rotatable bonds is 5. The van der Waals surface area contributed by atoms with Gasteiger partial charge in [-0.1, -0.05) is 18.2 Å². The third-order valence-corrected chi connectivity index (χ3v) is 4.79. The average Bonchev–Trinajstić information content (AvgIpc) is 2.70. The van der Waals surface area contributed by atoms with Crippen molar-refractivity contribution in [2.45, 2.75) is 25.5 Å². The van der Waals surface area contributed by atoms with Gasteiger partial charge < -0.3 is 15.0 Å². The molecule has 0 aliphatic carbocycles. The summed E-state index contributed by atoms with van der Waals surface area (Å²) >= 11 is 0. The number of amides is 1. The number of nitrogens with one attached hydrogen (secondary N) is 1. The number of aromatic nitrogens is 1. The normalized spacial score (nSPS) is 17.2. The molecule has 0 saturated carbocycles. The van der Waals surface area contributed by atoms with Gasteiger partial charge in [0.15, 0.2) is 0 Å². The zero-order valence-electron chi connectivity index (χ0n) is 15.0. The van der Waals surface area contributed by atoms with E-state index in [-0.39, 0.29) is 17.7 Å². The van der Waals surface area contributed by atoms with Crippen LogP contribution in [0.15, 0.2) is 60.8 Å². The maximum absolute atomic E-state index is 13.0. The zero-order chi connectivity index (χ0) is 19.5. The second-order valence-corrected chi connectivity index (χ2v) is 6.58. The van der Waals surface area contributed by atoms with Gasteiger partial charge in [-0.15, -0.1) is 0 Å². The number of benzene rings is 2. The molecule has 1 aromatic heterocycles. The minimum absolute atomic E-state index is 0.0466. The Kier molecular flexibility index (Phi) is 5.06. The first-order chi connectivity index (χ1) is 13.6. The van der Waals surface area contributed by atoms with Crippen molar-refractivity contribution in [2.24, 2.45) is 0 Å². The Morgan fingerprint density at radius 3 is 2.68 bits per heavy atom. The van der Waals surface area contributed by atoms with Crippen LogP contribution in [-0.2, 0) is 4.79 Å². The quantitative estimate of drug-likeness (QED) is 0.708. The second-order valence-electron chi connectivity index (χ2n) is 6.58. The van der Waals surface area contributed by atoms with Gasteiger partial charge in [0.05, 0.1) is 5.52 Å². The molecular weight excluding hydrogens is 364 g/mol. The van der Waals surface area contributed by atoms with Gasteiger partial charge in [0.1, 0.15) is 11.8 Å². The molecule has 1 saturated heterocycles. The van der Waals surface area contributed by atoms with Gasteiger partial charge in [-0.2, -0.15) is 8.78 Å². The fraction of sp³-hybridized carbons (Fsp3) is 0.238. The molecule has 1 aliphatic rings. The highest BCUT2D eigenvalue weighted by molar-refractivity contribution is 6.01. The molecule has 1 amide bonds. The van der Waals surface area contributed by atoms with Crippen molar-refractivity contribution >= 4 is 28.2 Å². The molecule has 1 N–H and O–H groups in total. The van der Waals surface area contributed by atoms with Gasteiger partial charge >= 0.3 is 6.61 Å². The predicted octanol–water partition coefficient (Wildman–Crippen LogP) is 4.44. The van der Waals surface area contributed by atoms with Crippen molar-refractivity contribution in [1.82, 2.24) is 4.98 Å². The van der Waals surface area contributed by atoms with Crippen molar-refractivity contribution < 1.29 is 18.3 Å². The molecule has 1 fully saturated rings. The number of hydrogen-bond acceptors (Lipinski definition) is 4. The molecule has 7 heteroatoms. The zero-order valence-corrected chi connectivity index (χ0v) is 15.0. The van der Waals surface area contributed by atoms with E-state index in [0.717, 1.165) is 29.4 Å². The van der Waals surface area contributed by atoms with Crippen molar-refractivity contribution in [1.29, 1.82) is 0 Å². The maximum Gasteiger partial charge on any atom is 0.387 e. The Hall–Kier alpha value is -3.22. The van der Waals surface area contributed by atoms with E-state index in [2.05, 4.69) is 15.0 Å². The lowest BCUT2D eigenvalue weighted by molar-refractivity contribution is -0.120. The van der Waals surface area contributed by atoms with Crippen LogP contribution < -0.4 is 15.0 Å². The van der Waals surface area contributed by atoms with E-state index in [1.807, 2.05) is 30.3 Å². The van der Waals surface area contributed by atoms with Crippen molar-refractivity contribution in [2.75, 3.05) is 16.8 Å². The van der Waals surface area contributed by atoms with Crippen LogP contribution in [0.2, 0.25) is 0 Å². The summed E-state index contributed by atoms with van der Waals surface area (Å²) in [5, 5.41) is 4.32. The van der Waals surface area contributed by atoms with Crippen LogP contribution >= 0.6 is 0 Å². The smallest absolute Gasteiger partial charge is 0.387 e. The van der Waals surface area contributed by atoms with E-state index in [1.165, 1.54) is 12.1 Å². The molecule has 1 aliphatic heterocycles. The number of anilines is 2. The molecule has 4 rings (SSSR count). The summed E-state index contributed by atoms with van der Waals surface area (Å²) in [7, 11) is 0. The molecule has 5 nitrogen and oxygen atoms in total. The SMILES string of the molecule is O=C1[C@H](Nc2ccnc3ccccc23)CCCN1c1ccc(OC(F)F)cc1. The lowest BCUT2D eigenvalue weighted by atomic mass is 10.0. The van der Waals surface area contributed by atoms with Gasteiger partial charge in [-0.25, -0.2) is 0 Å². The number of alkyl halides is 2. The number of ether oxygens (including phenoxy) is 1. The van der Waals surface area contributed by atoms with Gasteiger partial charge in [-0.3, -0.25) is 9.78 Å². The van der Waals surface area contributed by atoms with Crippen LogP contribution in [-0.4, -0.2) is 30.1 Å². The summed E-state index contributed by atoms with van der Waals surface area (Å²) in [4.78, 5) is 19.0. The molecule has 0 unspecified atom stereocenters. The number of carbonyl (C=O) groups excluding carboxylic acids is 1. The average molecular weight is 383 g/mol. The number of carbonyl (C=O) groups is 1. The summed E-state index contributed by atoms with van der Waals surface area (Å²) in [6.45, 7) is -2.28. The minimum Gasteiger partial charge on any atom is -0.435 e. The molecule has 1 atom stereocenters. The predicted molar refractivity (Wildman–Crippen MR) is 104 cm³/mol. The van der Waals surface area contributed by atoms with E-state index >= 15 is 0 Å². The Bertz CT molecular complexity index is 974. The summed E-state index contributed by atoms with van der Waals surface area (Å²) in [5.74, 6) is 0.0239. The van der Waals surface area contributed by atoms with Gasteiger partial charge in [0.2, 0.25) is 5.91 Å². The summed E-state index contributed by atoms with van der Waals surface area (Å²) < 4.78 is 29.0. The van der Waals surface area contributed by atoms with Crippen LogP contribution in [0.25, 0.3) is 10.9 Å². The van der Waals surface area contributed by atoms with Crippen LogP contribution in [0.1, 0.15) is 12.8 Å². The summed E-state index contributed by atoms with van der Waals surface area (Å²) in [6, 6.07) is 15.4. The van der Waals surface area contributed by atoms with E-state index in [0.29, 0.717) is 12.2 Å². The number of hydrogen-bond donors (Lipinski definition) is 1. The Morgan fingerprint density at radius 2 is 1.89 bits per heavy atom. The first-order valence-corrected chi connectivity index (χ1v) is 9.08. The van der Waals surface area contributed by atoms with Crippen molar-refractivity contribution in [3.05, 3.63) is 60.8 Å². The molecular formula is C21H19F2N3O2. The molecule has 2 aromatic carbocycles. The van der Waals surface area contributed by atoms with Gasteiger partial charge in [0, 0.05) is 29.5 Å². The molecule has 0 bridgehead atoms. The number of nitrogens with zero attached hydrogens (tertiary/aromatic N) is 2. The Labute approximate surface area is 160 Å². The number of para-hydroxylation sites is 1. The Balaban J connectivity index is 1.53. The number of pyridine rings is 1. The van der Waals surface area contributed by atoms with Crippen molar-refractivity contribution in [3.8, 4) is 5.75 Å². The first kappa shape index (κ1) is 18.2. The topological polar surface area (TPSA) is 54.5 Å². The van der Waals surface area contributed by atoms with Gasteiger partial charge in [-0.05, 0) is 49.2 Å². The minimum atomic E-state index is -2.87. The molecule has 28 heavy (non-hydrogen) atoms. The first-order valence-electron chi connectivity index (χ1n) is 9.08. The van der Waals surface area contributed by atoms with Crippen LogP contribution in [0.3, 0.4) is 0 Å². The van der Waals surface area contributed by atoms with Crippen LogP contribution in [0, 0.1) is 0 Å². The third-order valence-electron chi connectivity index (χ3n) is 4.79. The van der Waals surface area contributed by atoms with E-state index in [9.17, 15) is 13.6 Å². The number of fused-ring (bicyclic) bond motifs is 1. The highest BCUT2D eigenvalue weighted by Crippen LogP contribution is 2.28. The highest BCUT2D eigenvalue weighted by atomic mass is 19.3. The Morgan fingerprint density at radius 1 is 1.11 bits per heavy atom. The van der Waals surface area contributed by atoms with Crippen LogP contribution in [0.5, 0.6) is 5.75 Å². The lowest BCUT2D eigenvalue weighted by Gasteiger charge is -2.33. The van der Waals surface area contributed by atoms with Crippen LogP contribution in [0.4, 0.5) is 20.2 Å². The molecule has 3 aromatic rings. The largest absolute Gasteiger partial charge is 0.435 e. The van der Waals surface area contributed by atoms with E-state index in [4.69, 9.17) is 0 Å². The molecule has 0 spiro atoms. The molecule has 144 valence electrons. The van der Waals surface area contributed by atoms with E-state index < -0.39 is 6.61 Å². The lowest BCUT2D eigenvalue weighted by Crippen LogP contribution is -2.47. The highest BCUT2D eigenvalue weighted by Gasteiger charge is 2.30. The fourth-order valence-electron chi connectivity index (χ4n) is 3.48. The summed E-state index contributed by atoms with van der Waals surface area (Å²) in [5.41, 5.74) is 2.39. The maximum atomic E-state index is 13.0. The van der Waals surface area contributed by atoms with Crippen molar-refractivity contribution in [3.63, 3.8) is 0 Å². The monoisotopic (exact) mass is 383 g/mol. The standard InChI is InChI=1S/C21H19F2N3O2/c22-21(23)28-15-9-7-14(8-10-15)26-13-3-6-19(20(26)27)25-18-11-12-24-17-5-2-1-4-16(17)18/h1-2,4-5,7-12,19,21H,3,6,13H2,(H,24,25)/t19-/m1/s1. The fourth-order valence-corrected chi connectivity index (χ4v) is 3.48. The summed E-state index contributed by atoms with van der Waals surface area (Å²) in [6.07, 6.45) is 3.28. The third kappa shape index (κ3) is 3.74. The molecule has 0 radical (unpaired) electrons. The van der Waals surface area contributed by atoms with Gasteiger partial charge in [0.25, 0.3) is 0 Å². The number of halogens is 2. The second kappa shape index (κ2) is 7.80. The number of piperidine rings is 1. The molecule has 2 heterocycles. The van der Waals surface area contributed by atoms with E-state index in [1.54, 1.807) is 23.2 Å².